The SMILES string of the molecule is CCN[C@H](C)CNC(=O)C1=Cc2cccc(OC)c2OC1.Cl. The minimum atomic E-state index is -0.0896. The quantitative estimate of drug-likeness (QED) is 0.839. The number of para-hydroxylation sites is 1. The standard InChI is InChI=1S/C16H22N2O3.ClH/c1-4-17-11(2)9-18-16(19)13-8-12-6-5-7-14(20-3)15(12)21-10-13;/h5-8,11,17H,4,9-10H2,1-3H3,(H,18,19);1H/t11-;/m1./s1. The van der Waals surface area contributed by atoms with Crippen molar-refractivity contribution in [2.75, 3.05) is 26.8 Å². The number of amides is 1. The third-order valence-corrected chi connectivity index (χ3v) is 3.34. The summed E-state index contributed by atoms with van der Waals surface area (Å²) in [5, 5.41) is 6.17. The van der Waals surface area contributed by atoms with E-state index in [9.17, 15) is 4.79 Å². The second kappa shape index (κ2) is 8.66. The molecule has 6 heteroatoms. The predicted octanol–water partition coefficient (Wildman–Crippen LogP) is 2.01. The van der Waals surface area contributed by atoms with Crippen molar-refractivity contribution >= 4 is 24.4 Å². The summed E-state index contributed by atoms with van der Waals surface area (Å²) >= 11 is 0. The number of hydrogen-bond donors (Lipinski definition) is 2. The van der Waals surface area contributed by atoms with Crippen molar-refractivity contribution in [3.63, 3.8) is 0 Å². The molecule has 1 heterocycles. The van der Waals surface area contributed by atoms with Crippen molar-refractivity contribution in [1.82, 2.24) is 10.6 Å². The van der Waals surface area contributed by atoms with E-state index in [0.29, 0.717) is 23.6 Å². The van der Waals surface area contributed by atoms with Crippen LogP contribution in [0.5, 0.6) is 11.5 Å². The van der Waals surface area contributed by atoms with Gasteiger partial charge in [-0.3, -0.25) is 4.79 Å². The van der Waals surface area contributed by atoms with Crippen LogP contribution in [0.1, 0.15) is 19.4 Å². The van der Waals surface area contributed by atoms with E-state index < -0.39 is 0 Å². The largest absolute Gasteiger partial charge is 0.493 e. The first-order valence-corrected chi connectivity index (χ1v) is 7.17. The fourth-order valence-electron chi connectivity index (χ4n) is 2.25. The second-order valence-electron chi connectivity index (χ2n) is 5.01. The van der Waals surface area contributed by atoms with Gasteiger partial charge < -0.3 is 20.1 Å². The number of methoxy groups -OCH3 is 1. The Bertz CT molecular complexity index is 546. The number of carbonyl (C=O) groups is 1. The molecule has 0 saturated carbocycles. The Kier molecular flexibility index (Phi) is 7.21. The van der Waals surface area contributed by atoms with Crippen molar-refractivity contribution in [3.8, 4) is 11.5 Å². The summed E-state index contributed by atoms with van der Waals surface area (Å²) < 4.78 is 10.9. The molecule has 0 spiro atoms. The molecule has 0 radical (unpaired) electrons. The fourth-order valence-corrected chi connectivity index (χ4v) is 2.25. The van der Waals surface area contributed by atoms with Gasteiger partial charge in [0.25, 0.3) is 5.91 Å². The van der Waals surface area contributed by atoms with E-state index in [2.05, 4.69) is 10.6 Å². The van der Waals surface area contributed by atoms with Crippen LogP contribution in [0.3, 0.4) is 0 Å². The molecule has 0 aliphatic carbocycles. The highest BCUT2D eigenvalue weighted by atomic mass is 35.5. The molecule has 0 saturated heterocycles. The van der Waals surface area contributed by atoms with Crippen LogP contribution in [0.25, 0.3) is 6.08 Å². The van der Waals surface area contributed by atoms with Crippen LogP contribution in [-0.4, -0.2) is 38.8 Å². The number of hydrogen-bond acceptors (Lipinski definition) is 4. The van der Waals surface area contributed by atoms with Crippen LogP contribution in [0, 0.1) is 0 Å². The molecule has 1 aromatic rings. The molecule has 0 unspecified atom stereocenters. The third-order valence-electron chi connectivity index (χ3n) is 3.34. The molecule has 22 heavy (non-hydrogen) atoms. The fraction of sp³-hybridized carbons (Fsp3) is 0.438. The topological polar surface area (TPSA) is 59.6 Å². The molecule has 1 aliphatic heterocycles. The maximum Gasteiger partial charge on any atom is 0.250 e. The van der Waals surface area contributed by atoms with E-state index in [-0.39, 0.29) is 31.0 Å². The van der Waals surface area contributed by atoms with Gasteiger partial charge in [-0.2, -0.15) is 0 Å². The Morgan fingerprint density at radius 1 is 1.45 bits per heavy atom. The third kappa shape index (κ3) is 4.39. The minimum Gasteiger partial charge on any atom is -0.493 e. The summed E-state index contributed by atoms with van der Waals surface area (Å²) in [6, 6.07) is 5.88. The first-order valence-electron chi connectivity index (χ1n) is 7.17. The molecule has 2 rings (SSSR count). The van der Waals surface area contributed by atoms with Crippen LogP contribution in [0.4, 0.5) is 0 Å². The summed E-state index contributed by atoms with van der Waals surface area (Å²) in [4.78, 5) is 12.2. The van der Waals surface area contributed by atoms with Crippen molar-refractivity contribution in [2.45, 2.75) is 19.9 Å². The van der Waals surface area contributed by atoms with Crippen molar-refractivity contribution in [1.29, 1.82) is 0 Å². The number of ether oxygens (including phenoxy) is 2. The van der Waals surface area contributed by atoms with Gasteiger partial charge in [0.05, 0.1) is 12.7 Å². The molecule has 122 valence electrons. The van der Waals surface area contributed by atoms with Crippen LogP contribution < -0.4 is 20.1 Å². The highest BCUT2D eigenvalue weighted by molar-refractivity contribution is 5.99. The Morgan fingerprint density at radius 3 is 2.91 bits per heavy atom. The van der Waals surface area contributed by atoms with Gasteiger partial charge in [0.2, 0.25) is 0 Å². The Labute approximate surface area is 137 Å². The molecule has 2 N–H and O–H groups in total. The molecule has 5 nitrogen and oxygen atoms in total. The van der Waals surface area contributed by atoms with Gasteiger partial charge in [-0.25, -0.2) is 0 Å². The smallest absolute Gasteiger partial charge is 0.250 e. The Balaban J connectivity index is 0.00000242. The Hall–Kier alpha value is -1.72. The molecule has 0 fully saturated rings. The molecule has 0 bridgehead atoms. The first kappa shape index (κ1) is 18.3. The van der Waals surface area contributed by atoms with Crippen LogP contribution in [-0.2, 0) is 4.79 Å². The van der Waals surface area contributed by atoms with Gasteiger partial charge >= 0.3 is 0 Å². The molecular weight excluding hydrogens is 304 g/mol. The average Bonchev–Trinajstić information content (AvgIpc) is 2.51. The normalized spacial score (nSPS) is 13.9. The molecule has 1 aromatic carbocycles. The molecule has 1 amide bonds. The van der Waals surface area contributed by atoms with E-state index in [4.69, 9.17) is 9.47 Å². The highest BCUT2D eigenvalue weighted by Crippen LogP contribution is 2.35. The van der Waals surface area contributed by atoms with Crippen LogP contribution in [0.2, 0.25) is 0 Å². The van der Waals surface area contributed by atoms with Gasteiger partial charge in [-0.05, 0) is 25.6 Å². The van der Waals surface area contributed by atoms with Crippen LogP contribution >= 0.6 is 12.4 Å². The minimum absolute atomic E-state index is 0. The number of halogens is 1. The van der Waals surface area contributed by atoms with Crippen molar-refractivity contribution in [2.24, 2.45) is 0 Å². The second-order valence-corrected chi connectivity index (χ2v) is 5.01. The van der Waals surface area contributed by atoms with E-state index >= 15 is 0 Å². The number of benzene rings is 1. The van der Waals surface area contributed by atoms with E-state index in [1.807, 2.05) is 38.1 Å². The van der Waals surface area contributed by atoms with E-state index in [1.165, 1.54) is 0 Å². The van der Waals surface area contributed by atoms with E-state index in [0.717, 1.165) is 12.1 Å². The maximum atomic E-state index is 12.2. The van der Waals surface area contributed by atoms with Crippen molar-refractivity contribution < 1.29 is 14.3 Å². The lowest BCUT2D eigenvalue weighted by Crippen LogP contribution is -2.40. The zero-order chi connectivity index (χ0) is 15.2. The lowest BCUT2D eigenvalue weighted by Gasteiger charge is -2.20. The van der Waals surface area contributed by atoms with Gasteiger partial charge in [0.15, 0.2) is 11.5 Å². The molecule has 1 atom stereocenters. The molecule has 0 aromatic heterocycles. The van der Waals surface area contributed by atoms with Gasteiger partial charge in [0, 0.05) is 18.2 Å². The molecule has 1 aliphatic rings. The zero-order valence-corrected chi connectivity index (χ0v) is 14.0. The lowest BCUT2D eigenvalue weighted by atomic mass is 10.1. The summed E-state index contributed by atoms with van der Waals surface area (Å²) in [5.74, 6) is 1.29. The van der Waals surface area contributed by atoms with Crippen molar-refractivity contribution in [3.05, 3.63) is 29.3 Å². The number of fused-ring (bicyclic) bond motifs is 1. The number of nitrogens with one attached hydrogen (secondary N) is 2. The monoisotopic (exact) mass is 326 g/mol. The lowest BCUT2D eigenvalue weighted by molar-refractivity contribution is -0.117. The summed E-state index contributed by atoms with van der Waals surface area (Å²) in [5.41, 5.74) is 1.49. The highest BCUT2D eigenvalue weighted by Gasteiger charge is 2.20. The summed E-state index contributed by atoms with van der Waals surface area (Å²) in [6.07, 6.45) is 1.86. The first-order chi connectivity index (χ1) is 10.2. The average molecular weight is 327 g/mol. The summed E-state index contributed by atoms with van der Waals surface area (Å²) in [6.45, 7) is 5.82. The maximum absolute atomic E-state index is 12.2. The summed E-state index contributed by atoms with van der Waals surface area (Å²) in [7, 11) is 1.60. The number of likely N-dealkylation sites (N-methyl/N-ethyl adjacent to an activating group) is 1. The molecular formula is C16H23ClN2O3. The number of rotatable bonds is 6. The number of carbonyl (C=O) groups excluding carboxylic acids is 1. The van der Waals surface area contributed by atoms with Gasteiger partial charge in [-0.15, -0.1) is 12.4 Å². The van der Waals surface area contributed by atoms with E-state index in [1.54, 1.807) is 7.11 Å². The zero-order valence-electron chi connectivity index (χ0n) is 13.1. The van der Waals surface area contributed by atoms with Crippen LogP contribution in [0.15, 0.2) is 23.8 Å². The predicted molar refractivity (Wildman–Crippen MR) is 89.9 cm³/mol. The van der Waals surface area contributed by atoms with Gasteiger partial charge in [0.1, 0.15) is 6.61 Å². The van der Waals surface area contributed by atoms with Gasteiger partial charge in [-0.1, -0.05) is 19.1 Å². The Morgan fingerprint density at radius 2 is 2.23 bits per heavy atom.